The molecule has 0 aliphatic heterocycles. The fraction of sp³-hybridized carbons (Fsp3) is 0.556. The molecule has 0 radical (unpaired) electrons. The number of amides is 1. The van der Waals surface area contributed by atoms with E-state index >= 15 is 0 Å². The predicted octanol–water partition coefficient (Wildman–Crippen LogP) is 2.53. The van der Waals surface area contributed by atoms with E-state index in [0.29, 0.717) is 19.4 Å². The molecule has 0 fully saturated rings. The highest BCUT2D eigenvalue weighted by atomic mass is 32.2. The minimum Gasteiger partial charge on any atom is -0.478 e. The van der Waals surface area contributed by atoms with E-state index in [1.807, 2.05) is 0 Å². The zero-order valence-corrected chi connectivity index (χ0v) is 16.9. The Balaban J connectivity index is 2.73. The lowest BCUT2D eigenvalue weighted by molar-refractivity contribution is 0.0244. The van der Waals surface area contributed by atoms with Crippen molar-refractivity contribution in [3.8, 4) is 0 Å². The van der Waals surface area contributed by atoms with Gasteiger partial charge in [-0.2, -0.15) is 8.42 Å². The van der Waals surface area contributed by atoms with Crippen LogP contribution in [0.4, 0.5) is 4.79 Å². The highest BCUT2D eigenvalue weighted by Crippen LogP contribution is 2.12. The van der Waals surface area contributed by atoms with Gasteiger partial charge in [-0.05, 0) is 51.3 Å². The van der Waals surface area contributed by atoms with Gasteiger partial charge in [0.2, 0.25) is 0 Å². The molecule has 0 atom stereocenters. The highest BCUT2D eigenvalue weighted by Gasteiger charge is 2.22. The number of benzene rings is 1. The summed E-state index contributed by atoms with van der Waals surface area (Å²) in [7, 11) is -3.53. The summed E-state index contributed by atoms with van der Waals surface area (Å²) >= 11 is 0. The SMILES string of the molecule is CC(C)(C)OC(=O)N(CCCOS(C)(=O)=O)CCc1cccc(C(=O)O)c1. The van der Waals surface area contributed by atoms with Crippen LogP contribution in [0.1, 0.15) is 43.1 Å². The largest absolute Gasteiger partial charge is 0.478 e. The molecule has 152 valence electrons. The summed E-state index contributed by atoms with van der Waals surface area (Å²) in [5, 5.41) is 9.06. The Morgan fingerprint density at radius 2 is 1.85 bits per heavy atom. The van der Waals surface area contributed by atoms with E-state index in [9.17, 15) is 18.0 Å². The fourth-order valence-electron chi connectivity index (χ4n) is 2.21. The summed E-state index contributed by atoms with van der Waals surface area (Å²) in [6.07, 6.45) is 1.21. The monoisotopic (exact) mass is 401 g/mol. The number of hydrogen-bond acceptors (Lipinski definition) is 6. The fourth-order valence-corrected chi connectivity index (χ4v) is 2.63. The minimum absolute atomic E-state index is 0.0351. The molecule has 0 spiro atoms. The Labute approximate surface area is 160 Å². The molecule has 1 aromatic rings. The molecule has 0 aliphatic rings. The van der Waals surface area contributed by atoms with E-state index in [1.165, 1.54) is 11.0 Å². The Morgan fingerprint density at radius 3 is 2.41 bits per heavy atom. The third kappa shape index (κ3) is 9.95. The Kier molecular flexibility index (Phi) is 8.23. The molecule has 27 heavy (non-hydrogen) atoms. The second-order valence-corrected chi connectivity index (χ2v) is 8.75. The zero-order chi connectivity index (χ0) is 20.7. The van der Waals surface area contributed by atoms with Crippen molar-refractivity contribution in [2.75, 3.05) is 26.0 Å². The van der Waals surface area contributed by atoms with Crippen LogP contribution in [-0.2, 0) is 25.5 Å². The van der Waals surface area contributed by atoms with Crippen molar-refractivity contribution in [3.63, 3.8) is 0 Å². The van der Waals surface area contributed by atoms with Gasteiger partial charge in [-0.25, -0.2) is 9.59 Å². The molecule has 0 aromatic heterocycles. The van der Waals surface area contributed by atoms with E-state index in [1.54, 1.807) is 39.0 Å². The van der Waals surface area contributed by atoms with Crippen LogP contribution in [0.25, 0.3) is 0 Å². The number of carboxylic acid groups (broad SMARTS) is 1. The van der Waals surface area contributed by atoms with Gasteiger partial charge in [0.05, 0.1) is 18.4 Å². The van der Waals surface area contributed by atoms with Crippen molar-refractivity contribution in [1.29, 1.82) is 0 Å². The number of carbonyl (C=O) groups excluding carboxylic acids is 1. The first-order chi connectivity index (χ1) is 12.4. The summed E-state index contributed by atoms with van der Waals surface area (Å²) in [6, 6.07) is 6.49. The number of rotatable bonds is 9. The number of carboxylic acids is 1. The van der Waals surface area contributed by atoms with Gasteiger partial charge in [-0.3, -0.25) is 4.18 Å². The molecule has 0 unspecified atom stereocenters. The van der Waals surface area contributed by atoms with E-state index in [4.69, 9.17) is 14.0 Å². The van der Waals surface area contributed by atoms with Crippen molar-refractivity contribution in [2.24, 2.45) is 0 Å². The lowest BCUT2D eigenvalue weighted by Gasteiger charge is -2.27. The average Bonchev–Trinajstić information content (AvgIpc) is 2.51. The molecule has 0 aliphatic carbocycles. The van der Waals surface area contributed by atoms with Crippen LogP contribution in [0.3, 0.4) is 0 Å². The van der Waals surface area contributed by atoms with Crippen molar-refractivity contribution >= 4 is 22.2 Å². The van der Waals surface area contributed by atoms with Gasteiger partial charge in [0.25, 0.3) is 10.1 Å². The van der Waals surface area contributed by atoms with Gasteiger partial charge in [-0.1, -0.05) is 12.1 Å². The van der Waals surface area contributed by atoms with Gasteiger partial charge >= 0.3 is 12.1 Å². The second kappa shape index (κ2) is 9.70. The minimum atomic E-state index is -3.53. The molecule has 0 saturated heterocycles. The first-order valence-corrected chi connectivity index (χ1v) is 10.3. The smallest absolute Gasteiger partial charge is 0.410 e. The third-order valence-corrected chi connectivity index (χ3v) is 3.96. The maximum atomic E-state index is 12.4. The summed E-state index contributed by atoms with van der Waals surface area (Å²) in [5.41, 5.74) is 0.288. The number of carbonyl (C=O) groups is 2. The quantitative estimate of drug-likeness (QED) is 0.500. The van der Waals surface area contributed by atoms with E-state index in [0.717, 1.165) is 11.8 Å². The highest BCUT2D eigenvalue weighted by molar-refractivity contribution is 7.85. The van der Waals surface area contributed by atoms with E-state index < -0.39 is 27.8 Å². The number of nitrogens with zero attached hydrogens (tertiary/aromatic N) is 1. The molecule has 1 rings (SSSR count). The van der Waals surface area contributed by atoms with Crippen LogP contribution < -0.4 is 0 Å². The van der Waals surface area contributed by atoms with Crippen LogP contribution >= 0.6 is 0 Å². The van der Waals surface area contributed by atoms with Crippen molar-refractivity contribution in [1.82, 2.24) is 4.90 Å². The Hall–Kier alpha value is -2.13. The average molecular weight is 401 g/mol. The maximum absolute atomic E-state index is 12.4. The molecule has 9 heteroatoms. The third-order valence-electron chi connectivity index (χ3n) is 3.37. The van der Waals surface area contributed by atoms with E-state index in [2.05, 4.69) is 0 Å². The van der Waals surface area contributed by atoms with Crippen LogP contribution in [0.2, 0.25) is 0 Å². The first kappa shape index (κ1) is 22.9. The summed E-state index contributed by atoms with van der Waals surface area (Å²) in [5.74, 6) is -1.02. The number of ether oxygens (including phenoxy) is 1. The summed E-state index contributed by atoms with van der Waals surface area (Å²) < 4.78 is 32.1. The van der Waals surface area contributed by atoms with Crippen molar-refractivity contribution in [2.45, 2.75) is 39.2 Å². The number of aromatic carboxylic acids is 1. The summed E-state index contributed by atoms with van der Waals surface area (Å²) in [4.78, 5) is 24.9. The molecule has 0 heterocycles. The van der Waals surface area contributed by atoms with Crippen LogP contribution in [-0.4, -0.2) is 62.0 Å². The second-order valence-electron chi connectivity index (χ2n) is 7.10. The molecular weight excluding hydrogens is 374 g/mol. The topological polar surface area (TPSA) is 110 Å². The van der Waals surface area contributed by atoms with Crippen molar-refractivity contribution in [3.05, 3.63) is 35.4 Å². The molecule has 0 saturated carbocycles. The molecular formula is C18H27NO7S. The van der Waals surface area contributed by atoms with E-state index in [-0.39, 0.29) is 18.7 Å². The molecule has 1 N–H and O–H groups in total. The van der Waals surface area contributed by atoms with Crippen LogP contribution in [0, 0.1) is 0 Å². The van der Waals surface area contributed by atoms with Gasteiger partial charge in [-0.15, -0.1) is 0 Å². The van der Waals surface area contributed by atoms with Gasteiger partial charge in [0, 0.05) is 13.1 Å². The Bertz CT molecular complexity index is 753. The molecule has 1 aromatic carbocycles. The zero-order valence-electron chi connectivity index (χ0n) is 16.1. The normalized spacial score (nSPS) is 11.9. The van der Waals surface area contributed by atoms with Crippen LogP contribution in [0.15, 0.2) is 24.3 Å². The molecule has 8 nitrogen and oxygen atoms in total. The first-order valence-electron chi connectivity index (χ1n) is 8.52. The maximum Gasteiger partial charge on any atom is 0.410 e. The van der Waals surface area contributed by atoms with Gasteiger partial charge < -0.3 is 14.7 Å². The standard InChI is InChI=1S/C18H27NO7S/c1-18(2,3)26-17(22)19(10-6-12-25-27(4,23)24)11-9-14-7-5-8-15(13-14)16(20)21/h5,7-8,13H,6,9-12H2,1-4H3,(H,20,21). The lowest BCUT2D eigenvalue weighted by atomic mass is 10.1. The van der Waals surface area contributed by atoms with Gasteiger partial charge in [0.1, 0.15) is 5.60 Å². The molecule has 0 bridgehead atoms. The summed E-state index contributed by atoms with van der Waals surface area (Å²) in [6.45, 7) is 5.79. The van der Waals surface area contributed by atoms with Crippen molar-refractivity contribution < 1.29 is 32.0 Å². The Morgan fingerprint density at radius 1 is 1.19 bits per heavy atom. The lowest BCUT2D eigenvalue weighted by Crippen LogP contribution is -2.39. The van der Waals surface area contributed by atoms with Gasteiger partial charge in [0.15, 0.2) is 0 Å². The predicted molar refractivity (Wildman–Crippen MR) is 100 cm³/mol. The van der Waals surface area contributed by atoms with Crippen LogP contribution in [0.5, 0.6) is 0 Å². The molecule has 1 amide bonds. The number of hydrogen-bond donors (Lipinski definition) is 1.